The Hall–Kier alpha value is -0.119. The van der Waals surface area contributed by atoms with Crippen molar-refractivity contribution in [1.82, 2.24) is 0 Å². The molecule has 220 valence electrons. The Labute approximate surface area is 276 Å². The molecule has 0 saturated heterocycles. The van der Waals surface area contributed by atoms with E-state index in [4.69, 9.17) is 21.9 Å². The molecule has 0 unspecified atom stereocenters. The maximum absolute atomic E-state index is 8.92. The molecule has 7 heteroatoms. The Balaban J connectivity index is -0.000000533. The van der Waals surface area contributed by atoms with Crippen LogP contribution in [0.4, 0.5) is 0 Å². The molecule has 0 fully saturated rings. The first kappa shape index (κ1) is 41.0. The Kier molecular flexibility index (Phi) is 20.9. The molecule has 39 heavy (non-hydrogen) atoms. The van der Waals surface area contributed by atoms with Crippen molar-refractivity contribution in [3.63, 3.8) is 0 Å². The van der Waals surface area contributed by atoms with Gasteiger partial charge in [0.15, 0.2) is 7.38 Å². The fourth-order valence-electron chi connectivity index (χ4n) is 5.78. The van der Waals surface area contributed by atoms with Crippen LogP contribution in [0.25, 0.3) is 0 Å². The Bertz CT molecular complexity index is 863. The van der Waals surface area contributed by atoms with E-state index in [-0.39, 0.29) is 31.1 Å². The fourth-order valence-corrected chi connectivity index (χ4v) is 15.1. The van der Waals surface area contributed by atoms with Crippen molar-refractivity contribution in [2.75, 3.05) is 0 Å². The molecule has 2 rings (SSSR count). The monoisotopic (exact) mass is 815 g/mol. The smallest absolute Gasteiger partial charge is 0.258 e. The molecule has 0 amide bonds. The van der Waals surface area contributed by atoms with Crippen LogP contribution in [0.3, 0.4) is 0 Å². The SMILES string of the molecule is CC(C)[Si](Cl)(C(C)C)C(C)C.Cc1ccccc1O.Cc1ccccc1O[Si](C(C)C)(C(C)C)C(C)C.[2H][B].[U]. The van der Waals surface area contributed by atoms with Crippen LogP contribution in [-0.2, 0) is 0 Å². The Morgan fingerprint density at radius 2 is 0.974 bits per heavy atom. The zero-order chi connectivity index (χ0) is 31.1. The zero-order valence-electron chi connectivity index (χ0n) is 28.4. The molecule has 0 aliphatic carbocycles. The number of rotatable bonds is 8. The van der Waals surface area contributed by atoms with Gasteiger partial charge in [0.25, 0.3) is 8.32 Å². The number of aromatic hydroxyl groups is 1. The van der Waals surface area contributed by atoms with Gasteiger partial charge in [-0.3, -0.25) is 0 Å². The van der Waals surface area contributed by atoms with E-state index in [1.165, 1.54) is 5.56 Å². The summed E-state index contributed by atoms with van der Waals surface area (Å²) in [5.41, 5.74) is 6.09. The van der Waals surface area contributed by atoms with Crippen LogP contribution in [0.2, 0.25) is 33.2 Å². The summed E-state index contributed by atoms with van der Waals surface area (Å²) in [6.07, 6.45) is 0. The number of para-hydroxylation sites is 2. The van der Waals surface area contributed by atoms with Gasteiger partial charge in [0.1, 0.15) is 11.5 Å². The summed E-state index contributed by atoms with van der Waals surface area (Å²) in [6, 6.07) is 15.6. The van der Waals surface area contributed by atoms with E-state index in [2.05, 4.69) is 123 Å². The predicted octanol–water partition coefficient (Wildman–Crippen LogP) is 11.0. The standard InChI is InChI=1S/C16H28OSi.C9H21ClSi.C7H8O.BH.U/c1-12(2)18(13(3)4,14(5)6)17-16-11-9-8-10-15(16)7;1-7(2)11(10,8(3)4)9(5)6;1-6-4-2-3-5-7(6)8;;/h8-14H,1-7H3;7-9H,1-6H3;2-5,8H,1H3;1H;/i;;;1D;. The minimum atomic E-state index is -1.80. The van der Waals surface area contributed by atoms with Crippen LogP contribution in [-0.4, -0.2) is 30.5 Å². The Morgan fingerprint density at radius 1 is 0.641 bits per heavy atom. The van der Waals surface area contributed by atoms with E-state index in [1.54, 1.807) is 6.07 Å². The number of phenolic OH excluding ortho intramolecular Hbond substituents is 1. The molecular formula is C32H58BClO2Si2U. The average Bonchev–Trinajstić information content (AvgIpc) is 2.85. The van der Waals surface area contributed by atoms with Crippen molar-refractivity contribution in [2.45, 2.75) is 130 Å². The van der Waals surface area contributed by atoms with Crippen LogP contribution in [0, 0.1) is 45.0 Å². The molecule has 0 spiro atoms. The number of hydrogen-bond donors (Lipinski definition) is 1. The van der Waals surface area contributed by atoms with Gasteiger partial charge < -0.3 is 9.53 Å². The van der Waals surface area contributed by atoms with Crippen LogP contribution in [0.15, 0.2) is 48.5 Å². The molecule has 0 aromatic heterocycles. The van der Waals surface area contributed by atoms with Gasteiger partial charge in [0.2, 0.25) is 0 Å². The second kappa shape index (κ2) is 19.9. The van der Waals surface area contributed by atoms with Gasteiger partial charge >= 0.3 is 0 Å². The van der Waals surface area contributed by atoms with Crippen molar-refractivity contribution in [3.8, 4) is 11.5 Å². The van der Waals surface area contributed by atoms with Crippen molar-refractivity contribution in [2.24, 2.45) is 0 Å². The molecule has 2 radical (unpaired) electrons. The third kappa shape index (κ3) is 12.3. The quantitative estimate of drug-likeness (QED) is 0.212. The van der Waals surface area contributed by atoms with Gasteiger partial charge in [-0.2, -0.15) is 11.1 Å². The molecule has 0 aliphatic rings. The van der Waals surface area contributed by atoms with Gasteiger partial charge in [-0.05, 0) is 71.7 Å². The summed E-state index contributed by atoms with van der Waals surface area (Å²) >= 11 is 6.68. The van der Waals surface area contributed by atoms with E-state index < -0.39 is 15.7 Å². The van der Waals surface area contributed by atoms with Gasteiger partial charge in [-0.1, -0.05) is 119 Å². The minimum Gasteiger partial charge on any atom is -0.543 e. The van der Waals surface area contributed by atoms with Crippen molar-refractivity contribution in [3.05, 3.63) is 59.7 Å². The minimum absolute atomic E-state index is 0. The number of phenols is 1. The van der Waals surface area contributed by atoms with Crippen LogP contribution < -0.4 is 4.43 Å². The van der Waals surface area contributed by atoms with Gasteiger partial charge in [-0.15, -0.1) is 0 Å². The zero-order valence-corrected chi connectivity index (χ0v) is 34.3. The van der Waals surface area contributed by atoms with Crippen LogP contribution in [0.5, 0.6) is 11.5 Å². The van der Waals surface area contributed by atoms with E-state index in [0.717, 1.165) is 11.3 Å². The Morgan fingerprint density at radius 3 is 1.21 bits per heavy atom. The number of benzene rings is 2. The summed E-state index contributed by atoms with van der Waals surface area (Å²) in [5.74, 6) is 1.45. The topological polar surface area (TPSA) is 29.5 Å². The summed E-state index contributed by atoms with van der Waals surface area (Å²) < 4.78 is 11.9. The molecule has 2 aromatic carbocycles. The van der Waals surface area contributed by atoms with Crippen molar-refractivity contribution >= 4 is 35.2 Å². The van der Waals surface area contributed by atoms with E-state index >= 15 is 0 Å². The second-order valence-corrected chi connectivity index (χ2v) is 24.7. The predicted molar refractivity (Wildman–Crippen MR) is 180 cm³/mol. The van der Waals surface area contributed by atoms with Crippen LogP contribution in [0.1, 0.15) is 94.2 Å². The van der Waals surface area contributed by atoms with Crippen molar-refractivity contribution in [1.29, 1.82) is 1.34 Å². The number of hydrogen-bond acceptors (Lipinski definition) is 2. The van der Waals surface area contributed by atoms with Crippen molar-refractivity contribution < 1.29 is 40.6 Å². The molecule has 0 aliphatic heterocycles. The maximum atomic E-state index is 8.92. The summed E-state index contributed by atoms with van der Waals surface area (Å²) in [4.78, 5) is 0. The normalized spacial score (nSPS) is 11.7. The summed E-state index contributed by atoms with van der Waals surface area (Å²) in [5, 5.41) is 8.92. The molecule has 1 N–H and O–H groups in total. The largest absolute Gasteiger partial charge is 0.543 e. The van der Waals surface area contributed by atoms with Gasteiger partial charge in [0.05, 0.1) is 0 Å². The van der Waals surface area contributed by atoms with Crippen LogP contribution >= 0.6 is 11.1 Å². The number of aryl methyl sites for hydroxylation is 2. The molecule has 0 heterocycles. The summed E-state index contributed by atoms with van der Waals surface area (Å²) in [7, 11) is 0.441. The molecule has 0 saturated carbocycles. The summed E-state index contributed by atoms with van der Waals surface area (Å²) in [6.45, 7) is 31.5. The first-order valence-electron chi connectivity index (χ1n) is 14.7. The molecule has 2 nitrogen and oxygen atoms in total. The second-order valence-electron chi connectivity index (χ2n) is 12.3. The third-order valence-corrected chi connectivity index (χ3v) is 23.1. The van der Waals surface area contributed by atoms with Gasteiger partial charge in [-0.25, -0.2) is 0 Å². The molecule has 2 aromatic rings. The average molecular weight is 816 g/mol. The van der Waals surface area contributed by atoms with E-state index in [1.807, 2.05) is 25.1 Å². The third-order valence-electron chi connectivity index (χ3n) is 7.86. The first-order chi connectivity index (χ1) is 18.0. The molecular weight excluding hydrogens is 757 g/mol. The maximum Gasteiger partial charge on any atom is 0.258 e. The number of halogens is 1. The van der Waals surface area contributed by atoms with E-state index in [9.17, 15) is 0 Å². The first-order valence-corrected chi connectivity index (χ1v) is 19.5. The fraction of sp³-hybridized carbons (Fsp3) is 0.625. The molecule has 0 bridgehead atoms. The van der Waals surface area contributed by atoms with Gasteiger partial charge in [0, 0.05) is 39.5 Å². The van der Waals surface area contributed by atoms with E-state index in [0.29, 0.717) is 39.0 Å². The molecule has 0 atom stereocenters.